The van der Waals surface area contributed by atoms with Crippen molar-refractivity contribution < 1.29 is 0 Å². The monoisotopic (exact) mass is 732 g/mol. The van der Waals surface area contributed by atoms with Gasteiger partial charge in [0.2, 0.25) is 0 Å². The van der Waals surface area contributed by atoms with Crippen LogP contribution < -0.4 is 0 Å². The Morgan fingerprint density at radius 1 is 0.561 bits per heavy atom. The van der Waals surface area contributed by atoms with Gasteiger partial charge in [-0.15, -0.1) is 0 Å². The molecule has 7 aromatic rings. The van der Waals surface area contributed by atoms with E-state index in [1.807, 2.05) is 12.2 Å². The summed E-state index contributed by atoms with van der Waals surface area (Å²) in [5.41, 5.74) is 17.3. The average molecular weight is 733 g/mol. The van der Waals surface area contributed by atoms with Gasteiger partial charge in [-0.2, -0.15) is 0 Å². The molecule has 1 aliphatic carbocycles. The molecule has 0 heterocycles. The third kappa shape index (κ3) is 7.48. The molecule has 57 heavy (non-hydrogen) atoms. The maximum absolute atomic E-state index is 4.25. The molecule has 0 atom stereocenters. The van der Waals surface area contributed by atoms with Crippen LogP contribution in [0.2, 0.25) is 0 Å². The zero-order valence-electron chi connectivity index (χ0n) is 33.0. The summed E-state index contributed by atoms with van der Waals surface area (Å²) in [5, 5.41) is 5.03. The maximum atomic E-state index is 4.25. The van der Waals surface area contributed by atoms with E-state index >= 15 is 0 Å². The molecule has 8 rings (SSSR count). The van der Waals surface area contributed by atoms with E-state index in [1.165, 1.54) is 88.3 Å². The van der Waals surface area contributed by atoms with Crippen molar-refractivity contribution >= 4 is 44.8 Å². The van der Waals surface area contributed by atoms with Crippen molar-refractivity contribution in [1.29, 1.82) is 0 Å². The Balaban J connectivity index is 1.35. The van der Waals surface area contributed by atoms with Gasteiger partial charge in [0, 0.05) is 0 Å². The molecular weight excluding hydrogens is 685 g/mol. The van der Waals surface area contributed by atoms with Gasteiger partial charge in [0.25, 0.3) is 0 Å². The highest BCUT2D eigenvalue weighted by Gasteiger charge is 2.21. The Labute approximate surface area is 338 Å². The van der Waals surface area contributed by atoms with Crippen molar-refractivity contribution in [2.75, 3.05) is 0 Å². The highest BCUT2D eigenvalue weighted by atomic mass is 14.2. The molecule has 0 amide bonds. The van der Waals surface area contributed by atoms with Crippen LogP contribution in [0.1, 0.15) is 53.6 Å². The maximum Gasteiger partial charge on any atom is -0.00201 e. The van der Waals surface area contributed by atoms with E-state index in [9.17, 15) is 0 Å². The molecule has 0 saturated heterocycles. The Morgan fingerprint density at radius 2 is 1.25 bits per heavy atom. The first-order chi connectivity index (χ1) is 28.1. The zero-order chi connectivity index (χ0) is 39.1. The van der Waals surface area contributed by atoms with E-state index in [1.54, 1.807) is 0 Å². The van der Waals surface area contributed by atoms with Gasteiger partial charge >= 0.3 is 0 Å². The van der Waals surface area contributed by atoms with Crippen LogP contribution in [0, 0.1) is 0 Å². The molecule has 276 valence electrons. The first-order valence-electron chi connectivity index (χ1n) is 20.1. The summed E-state index contributed by atoms with van der Waals surface area (Å²) in [5.74, 6) is 0. The summed E-state index contributed by atoms with van der Waals surface area (Å²) in [4.78, 5) is 0. The van der Waals surface area contributed by atoms with Gasteiger partial charge in [-0.25, -0.2) is 0 Å². The van der Waals surface area contributed by atoms with Crippen LogP contribution in [0.3, 0.4) is 0 Å². The highest BCUT2D eigenvalue weighted by Crippen LogP contribution is 2.45. The Hall–Kier alpha value is -6.76. The highest BCUT2D eigenvalue weighted by molar-refractivity contribution is 6.17. The lowest BCUT2D eigenvalue weighted by Gasteiger charge is -2.22. The van der Waals surface area contributed by atoms with Crippen molar-refractivity contribution in [2.45, 2.75) is 33.1 Å². The molecule has 0 nitrogen and oxygen atoms in total. The molecule has 0 N–H and O–H groups in total. The fourth-order valence-electron chi connectivity index (χ4n) is 8.53. The summed E-state index contributed by atoms with van der Waals surface area (Å²) < 4.78 is 0. The van der Waals surface area contributed by atoms with Gasteiger partial charge in [0.05, 0.1) is 0 Å². The number of allylic oxidation sites excluding steroid dienone is 10. The van der Waals surface area contributed by atoms with Crippen LogP contribution in [-0.4, -0.2) is 0 Å². The summed E-state index contributed by atoms with van der Waals surface area (Å²) in [7, 11) is 0. The number of aryl methyl sites for hydroxylation is 2. The summed E-state index contributed by atoms with van der Waals surface area (Å²) in [6.45, 7) is 12.7. The molecule has 0 unspecified atom stereocenters. The third-order valence-corrected chi connectivity index (χ3v) is 11.3. The van der Waals surface area contributed by atoms with Crippen LogP contribution >= 0.6 is 0 Å². The third-order valence-electron chi connectivity index (χ3n) is 11.3. The van der Waals surface area contributed by atoms with Crippen molar-refractivity contribution in [2.24, 2.45) is 0 Å². The molecule has 0 bridgehead atoms. The Bertz CT molecular complexity index is 2780. The Morgan fingerprint density at radius 3 is 1.95 bits per heavy atom. The van der Waals surface area contributed by atoms with Crippen molar-refractivity contribution in [3.8, 4) is 33.4 Å². The minimum absolute atomic E-state index is 0.882. The minimum atomic E-state index is 0.882. The molecule has 0 heteroatoms. The van der Waals surface area contributed by atoms with Gasteiger partial charge in [-0.1, -0.05) is 183 Å². The molecule has 0 aliphatic heterocycles. The van der Waals surface area contributed by atoms with E-state index < -0.39 is 0 Å². The van der Waals surface area contributed by atoms with Crippen molar-refractivity contribution in [3.05, 3.63) is 229 Å². The van der Waals surface area contributed by atoms with E-state index in [-0.39, 0.29) is 0 Å². The molecular formula is C57H48. The summed E-state index contributed by atoms with van der Waals surface area (Å²) in [6.07, 6.45) is 24.0. The number of fused-ring (bicyclic) bond motifs is 2. The van der Waals surface area contributed by atoms with Crippen LogP contribution in [0.15, 0.2) is 195 Å². The number of hydrogen-bond acceptors (Lipinski definition) is 0. The molecule has 0 spiro atoms. The fraction of sp³-hybridized carbons (Fsp3) is 0.0877. The quantitative estimate of drug-likeness (QED) is 0.0918. The first kappa shape index (κ1) is 37.2. The molecule has 0 aromatic heterocycles. The lowest BCUT2D eigenvalue weighted by atomic mass is 9.82. The van der Waals surface area contributed by atoms with E-state index in [0.717, 1.165) is 30.4 Å². The average Bonchev–Trinajstić information content (AvgIpc) is 3.57. The SMILES string of the molecule is C=Cc1cc2c(CCc3ccc(C4=CC=CC=CC4)cc3-c3ccccc3)c3ccccc3c(-c3ccc(C(/C=C\C)=C/C)cc3-c3ccccc3)c2cc1C=C. The summed E-state index contributed by atoms with van der Waals surface area (Å²) >= 11 is 0. The number of rotatable bonds is 11. The van der Waals surface area contributed by atoms with Gasteiger partial charge in [0.1, 0.15) is 0 Å². The van der Waals surface area contributed by atoms with Crippen molar-refractivity contribution in [1.82, 2.24) is 0 Å². The van der Waals surface area contributed by atoms with Crippen LogP contribution in [0.5, 0.6) is 0 Å². The minimum Gasteiger partial charge on any atom is -0.0984 e. The van der Waals surface area contributed by atoms with Gasteiger partial charge in [-0.3, -0.25) is 0 Å². The smallest absolute Gasteiger partial charge is 0.00201 e. The van der Waals surface area contributed by atoms with E-state index in [4.69, 9.17) is 0 Å². The van der Waals surface area contributed by atoms with Crippen LogP contribution in [0.25, 0.3) is 78.2 Å². The summed E-state index contributed by atoms with van der Waals surface area (Å²) in [6, 6.07) is 49.5. The molecule has 1 aliphatic rings. The standard InChI is InChI=1S/C57H48/c1-5-21-40(6-2)47-33-35-52(54(39-47)45-26-17-12-18-27-45)57-51-29-20-19-28-49(51)50(55-36-41(7-3)42(8-4)37-56(55)57)34-32-46-30-31-48(43-22-13-9-10-14-23-43)38-53(46)44-24-15-11-16-25-44/h5-22,24-31,33,35-39H,3-4,23,32,34H2,1-2H3/b21-5-,40-6+. The van der Waals surface area contributed by atoms with Crippen LogP contribution in [-0.2, 0) is 12.8 Å². The molecule has 7 aromatic carbocycles. The molecule has 0 radical (unpaired) electrons. The van der Waals surface area contributed by atoms with Gasteiger partial charge in [-0.05, 0) is 157 Å². The zero-order valence-corrected chi connectivity index (χ0v) is 33.0. The lowest BCUT2D eigenvalue weighted by Crippen LogP contribution is -2.00. The predicted octanol–water partition coefficient (Wildman–Crippen LogP) is 15.9. The number of benzene rings is 7. The Kier molecular flexibility index (Phi) is 11.1. The second kappa shape index (κ2) is 16.9. The largest absolute Gasteiger partial charge is 0.0984 e. The first-order valence-corrected chi connectivity index (χ1v) is 20.1. The van der Waals surface area contributed by atoms with Crippen molar-refractivity contribution in [3.63, 3.8) is 0 Å². The van der Waals surface area contributed by atoms with Gasteiger partial charge in [0.15, 0.2) is 0 Å². The van der Waals surface area contributed by atoms with Crippen LogP contribution in [0.4, 0.5) is 0 Å². The normalized spacial score (nSPS) is 12.9. The van der Waals surface area contributed by atoms with E-state index in [0.29, 0.717) is 0 Å². The van der Waals surface area contributed by atoms with Gasteiger partial charge < -0.3 is 0 Å². The lowest BCUT2D eigenvalue weighted by molar-refractivity contribution is 0.978. The molecule has 0 fully saturated rings. The second-order valence-electron chi connectivity index (χ2n) is 14.7. The fourth-order valence-corrected chi connectivity index (χ4v) is 8.53. The molecule has 0 saturated carbocycles. The number of hydrogen-bond donors (Lipinski definition) is 0. The van der Waals surface area contributed by atoms with E-state index in [2.05, 4.69) is 209 Å². The topological polar surface area (TPSA) is 0 Å². The predicted molar refractivity (Wildman–Crippen MR) is 251 cm³/mol. The second-order valence-corrected chi connectivity index (χ2v) is 14.7.